The van der Waals surface area contributed by atoms with Gasteiger partial charge in [0.05, 0.1) is 17.0 Å². The first-order valence-corrected chi connectivity index (χ1v) is 9.03. The Labute approximate surface area is 141 Å². The second-order valence-corrected chi connectivity index (χ2v) is 8.56. The molecule has 0 aliphatic carbocycles. The van der Waals surface area contributed by atoms with Gasteiger partial charge in [0.25, 0.3) is 0 Å². The van der Waals surface area contributed by atoms with Crippen LogP contribution in [-0.2, 0) is 21.8 Å². The van der Waals surface area contributed by atoms with Crippen LogP contribution in [0.4, 0.5) is 0 Å². The van der Waals surface area contributed by atoms with E-state index in [0.29, 0.717) is 0 Å². The Balaban J connectivity index is 2.20. The summed E-state index contributed by atoms with van der Waals surface area (Å²) in [4.78, 5) is 4.05. The van der Waals surface area contributed by atoms with Gasteiger partial charge in [-0.3, -0.25) is 0 Å². The fourth-order valence-electron chi connectivity index (χ4n) is 2.25. The van der Waals surface area contributed by atoms with Crippen molar-refractivity contribution in [3.05, 3.63) is 47.5 Å². The third kappa shape index (κ3) is 3.64. The van der Waals surface area contributed by atoms with Crippen LogP contribution < -0.4 is 0 Å². The maximum atomic E-state index is 12.5. The molecular weight excluding hydrogens is 324 g/mol. The van der Waals surface area contributed by atoms with Crippen LogP contribution in [0.3, 0.4) is 0 Å². The van der Waals surface area contributed by atoms with Gasteiger partial charge in [-0.25, -0.2) is 13.4 Å². The van der Waals surface area contributed by atoms with E-state index in [-0.39, 0.29) is 34.0 Å². The van der Waals surface area contributed by atoms with Gasteiger partial charge >= 0.3 is 0 Å². The standard InChI is InChI=1S/C17H18N4O2S/c1-17(2,3)13-4-6-14(7-5-13)24(22,23)9-8-21-12-20-15(10-18)16(21)11-19/h4-7,12H,8-9H2,1-3H3. The Hall–Kier alpha value is -2.64. The highest BCUT2D eigenvalue weighted by molar-refractivity contribution is 7.91. The summed E-state index contributed by atoms with van der Waals surface area (Å²) in [6.45, 7) is 6.25. The summed E-state index contributed by atoms with van der Waals surface area (Å²) in [7, 11) is -3.48. The molecule has 1 aromatic heterocycles. The van der Waals surface area contributed by atoms with Crippen LogP contribution in [-0.4, -0.2) is 23.7 Å². The quantitative estimate of drug-likeness (QED) is 0.849. The zero-order valence-corrected chi connectivity index (χ0v) is 14.6. The molecule has 0 N–H and O–H groups in total. The highest BCUT2D eigenvalue weighted by Gasteiger charge is 2.19. The summed E-state index contributed by atoms with van der Waals surface area (Å²) >= 11 is 0. The Kier molecular flexibility index (Phi) is 4.77. The van der Waals surface area contributed by atoms with Crippen LogP contribution >= 0.6 is 0 Å². The van der Waals surface area contributed by atoms with Crippen molar-refractivity contribution >= 4 is 9.84 Å². The number of hydrogen-bond donors (Lipinski definition) is 0. The number of nitrogens with zero attached hydrogens (tertiary/aromatic N) is 4. The third-order valence-electron chi connectivity index (χ3n) is 3.73. The molecule has 124 valence electrons. The van der Waals surface area contributed by atoms with E-state index in [1.54, 1.807) is 12.1 Å². The van der Waals surface area contributed by atoms with Gasteiger partial charge in [-0.15, -0.1) is 0 Å². The molecule has 0 bridgehead atoms. The average molecular weight is 342 g/mol. The minimum absolute atomic E-state index is 0.00410. The Bertz CT molecular complexity index is 921. The first-order chi connectivity index (χ1) is 11.2. The van der Waals surface area contributed by atoms with Gasteiger partial charge in [0, 0.05) is 6.54 Å². The fourth-order valence-corrected chi connectivity index (χ4v) is 3.47. The van der Waals surface area contributed by atoms with E-state index < -0.39 is 9.84 Å². The number of hydrogen-bond acceptors (Lipinski definition) is 5. The van der Waals surface area contributed by atoms with E-state index >= 15 is 0 Å². The summed E-state index contributed by atoms with van der Waals surface area (Å²) in [6.07, 6.45) is 1.31. The lowest BCUT2D eigenvalue weighted by Crippen LogP contribution is -2.15. The van der Waals surface area contributed by atoms with E-state index in [0.717, 1.165) is 5.56 Å². The van der Waals surface area contributed by atoms with Gasteiger partial charge in [-0.1, -0.05) is 32.9 Å². The van der Waals surface area contributed by atoms with Crippen molar-refractivity contribution < 1.29 is 8.42 Å². The van der Waals surface area contributed by atoms with Crippen molar-refractivity contribution in [1.29, 1.82) is 10.5 Å². The molecule has 6 nitrogen and oxygen atoms in total. The van der Waals surface area contributed by atoms with Crippen LogP contribution in [0.2, 0.25) is 0 Å². The predicted octanol–water partition coefficient (Wildman–Crippen LogP) is 2.40. The van der Waals surface area contributed by atoms with Crippen molar-refractivity contribution in [3.63, 3.8) is 0 Å². The lowest BCUT2D eigenvalue weighted by atomic mass is 9.87. The maximum absolute atomic E-state index is 12.5. The molecular formula is C17H18N4O2S. The van der Waals surface area contributed by atoms with E-state index in [4.69, 9.17) is 10.5 Å². The SMILES string of the molecule is CC(C)(C)c1ccc(S(=O)(=O)CCn2cnc(C#N)c2C#N)cc1. The maximum Gasteiger partial charge on any atom is 0.180 e. The Morgan fingerprint density at radius 3 is 2.25 bits per heavy atom. The van der Waals surface area contributed by atoms with Crippen molar-refractivity contribution in [2.24, 2.45) is 0 Å². The van der Waals surface area contributed by atoms with Crippen LogP contribution in [0.25, 0.3) is 0 Å². The van der Waals surface area contributed by atoms with E-state index in [1.807, 2.05) is 24.3 Å². The minimum Gasteiger partial charge on any atom is -0.320 e. The van der Waals surface area contributed by atoms with Gasteiger partial charge in [0.2, 0.25) is 0 Å². The molecule has 0 atom stereocenters. The first kappa shape index (κ1) is 17.7. The summed E-state index contributed by atoms with van der Waals surface area (Å²) in [6, 6.07) is 10.5. The van der Waals surface area contributed by atoms with Crippen molar-refractivity contribution in [2.45, 2.75) is 37.6 Å². The van der Waals surface area contributed by atoms with Crippen molar-refractivity contribution in [2.75, 3.05) is 5.75 Å². The molecule has 0 spiro atoms. The zero-order chi connectivity index (χ0) is 18.0. The van der Waals surface area contributed by atoms with Crippen LogP contribution in [0, 0.1) is 22.7 Å². The number of aromatic nitrogens is 2. The monoisotopic (exact) mass is 342 g/mol. The van der Waals surface area contributed by atoms with E-state index in [1.165, 1.54) is 10.9 Å². The molecule has 2 rings (SSSR count). The molecule has 1 heterocycles. The third-order valence-corrected chi connectivity index (χ3v) is 5.44. The van der Waals surface area contributed by atoms with E-state index in [9.17, 15) is 8.42 Å². The second kappa shape index (κ2) is 6.46. The summed E-state index contributed by atoms with van der Waals surface area (Å²) < 4.78 is 26.3. The average Bonchev–Trinajstić information content (AvgIpc) is 2.94. The fraction of sp³-hybridized carbons (Fsp3) is 0.353. The number of sulfone groups is 1. The highest BCUT2D eigenvalue weighted by atomic mass is 32.2. The van der Waals surface area contributed by atoms with Crippen LogP contribution in [0.5, 0.6) is 0 Å². The van der Waals surface area contributed by atoms with E-state index in [2.05, 4.69) is 25.8 Å². The Morgan fingerprint density at radius 1 is 1.12 bits per heavy atom. The topological polar surface area (TPSA) is 99.5 Å². The van der Waals surface area contributed by atoms with Crippen molar-refractivity contribution in [3.8, 4) is 12.1 Å². The number of nitriles is 2. The number of imidazole rings is 1. The highest BCUT2D eigenvalue weighted by Crippen LogP contribution is 2.23. The molecule has 0 saturated carbocycles. The molecule has 1 aromatic carbocycles. The Morgan fingerprint density at radius 2 is 1.75 bits per heavy atom. The molecule has 24 heavy (non-hydrogen) atoms. The van der Waals surface area contributed by atoms with Gasteiger partial charge in [0.1, 0.15) is 12.1 Å². The van der Waals surface area contributed by atoms with Gasteiger partial charge in [0.15, 0.2) is 21.2 Å². The molecule has 0 saturated heterocycles. The number of benzene rings is 1. The summed E-state index contributed by atoms with van der Waals surface area (Å²) in [5, 5.41) is 17.9. The largest absolute Gasteiger partial charge is 0.320 e. The molecule has 0 aliphatic rings. The molecule has 0 aliphatic heterocycles. The van der Waals surface area contributed by atoms with Gasteiger partial charge in [-0.05, 0) is 23.1 Å². The molecule has 0 amide bonds. The normalized spacial score (nSPS) is 11.7. The van der Waals surface area contributed by atoms with Gasteiger partial charge < -0.3 is 4.57 Å². The molecule has 0 unspecified atom stereocenters. The molecule has 0 radical (unpaired) electrons. The minimum atomic E-state index is -3.48. The smallest absolute Gasteiger partial charge is 0.180 e. The second-order valence-electron chi connectivity index (χ2n) is 6.45. The summed E-state index contributed by atoms with van der Waals surface area (Å²) in [5.74, 6) is -0.169. The van der Waals surface area contributed by atoms with Gasteiger partial charge in [-0.2, -0.15) is 10.5 Å². The summed E-state index contributed by atoms with van der Waals surface area (Å²) in [5.41, 5.74) is 1.09. The van der Waals surface area contributed by atoms with Crippen molar-refractivity contribution in [1.82, 2.24) is 9.55 Å². The number of rotatable bonds is 4. The lowest BCUT2D eigenvalue weighted by Gasteiger charge is -2.19. The molecule has 2 aromatic rings. The lowest BCUT2D eigenvalue weighted by molar-refractivity contribution is 0.583. The molecule has 0 fully saturated rings. The number of aryl methyl sites for hydroxylation is 1. The van der Waals surface area contributed by atoms with Crippen LogP contribution in [0.1, 0.15) is 37.7 Å². The predicted molar refractivity (Wildman–Crippen MR) is 88.9 cm³/mol. The zero-order valence-electron chi connectivity index (χ0n) is 13.8. The van der Waals surface area contributed by atoms with Crippen LogP contribution in [0.15, 0.2) is 35.5 Å². The molecule has 7 heteroatoms. The first-order valence-electron chi connectivity index (χ1n) is 7.37.